The Morgan fingerprint density at radius 1 is 1.23 bits per heavy atom. The predicted octanol–water partition coefficient (Wildman–Crippen LogP) is 4.48. The molecule has 7 heteroatoms. The Labute approximate surface area is 180 Å². The van der Waals surface area contributed by atoms with Gasteiger partial charge in [-0.15, -0.1) is 0 Å². The van der Waals surface area contributed by atoms with Crippen LogP contribution in [-0.2, 0) is 0 Å². The van der Waals surface area contributed by atoms with Crippen LogP contribution in [0.3, 0.4) is 0 Å². The molecule has 4 rings (SSSR count). The lowest BCUT2D eigenvalue weighted by molar-refractivity contribution is 0.104. The molecule has 0 unspecified atom stereocenters. The van der Waals surface area contributed by atoms with Crippen LogP contribution in [-0.4, -0.2) is 41.9 Å². The van der Waals surface area contributed by atoms with Crippen LogP contribution in [0.5, 0.6) is 5.75 Å². The second-order valence-electron chi connectivity index (χ2n) is 7.67. The van der Waals surface area contributed by atoms with Crippen molar-refractivity contribution < 1.29 is 9.53 Å². The molecule has 3 aromatic rings. The van der Waals surface area contributed by atoms with E-state index in [4.69, 9.17) is 10.5 Å². The molecule has 0 bridgehead atoms. The number of hydrogen-bond acceptors (Lipinski definition) is 7. The predicted molar refractivity (Wildman–Crippen MR) is 122 cm³/mol. The minimum atomic E-state index is -0.112. The lowest BCUT2D eigenvalue weighted by Crippen LogP contribution is -2.30. The monoisotopic (exact) mass is 422 g/mol. The van der Waals surface area contributed by atoms with Crippen molar-refractivity contribution in [2.45, 2.75) is 25.8 Å². The van der Waals surface area contributed by atoms with Gasteiger partial charge in [-0.25, -0.2) is 4.98 Å². The number of benzene rings is 2. The first-order valence-corrected chi connectivity index (χ1v) is 10.9. The number of nitrogens with two attached hydrogens (primary N) is 1. The van der Waals surface area contributed by atoms with E-state index in [1.807, 2.05) is 55.5 Å². The molecule has 1 fully saturated rings. The third-order valence-electron chi connectivity index (χ3n) is 5.39. The fraction of sp³-hybridized carbons (Fsp3) is 0.304. The van der Waals surface area contributed by atoms with Crippen LogP contribution in [0.4, 0.5) is 16.6 Å². The van der Waals surface area contributed by atoms with Gasteiger partial charge in [-0.2, -0.15) is 0 Å². The maximum Gasteiger partial charge on any atom is 0.206 e. The Balaban J connectivity index is 1.39. The lowest BCUT2D eigenvalue weighted by Gasteiger charge is -2.19. The van der Waals surface area contributed by atoms with E-state index in [2.05, 4.69) is 22.2 Å². The molecule has 30 heavy (non-hydrogen) atoms. The van der Waals surface area contributed by atoms with Crippen LogP contribution in [0.2, 0.25) is 0 Å². The third-order valence-corrected chi connectivity index (χ3v) is 6.38. The highest BCUT2D eigenvalue weighted by atomic mass is 32.1. The molecule has 156 valence electrons. The van der Waals surface area contributed by atoms with E-state index in [-0.39, 0.29) is 11.6 Å². The average molecular weight is 423 g/mol. The first-order chi connectivity index (χ1) is 14.5. The molecule has 0 amide bonds. The number of likely N-dealkylation sites (N-methyl/N-ethyl adjacent to an activating group) is 1. The van der Waals surface area contributed by atoms with Crippen molar-refractivity contribution in [3.05, 3.63) is 64.5 Å². The molecule has 2 heterocycles. The van der Waals surface area contributed by atoms with Gasteiger partial charge in [0.2, 0.25) is 5.78 Å². The summed E-state index contributed by atoms with van der Waals surface area (Å²) >= 11 is 1.26. The number of likely N-dealkylation sites (tertiary alicyclic amines) is 1. The summed E-state index contributed by atoms with van der Waals surface area (Å²) < 4.78 is 5.93. The van der Waals surface area contributed by atoms with E-state index in [0.29, 0.717) is 28.2 Å². The van der Waals surface area contributed by atoms with Crippen molar-refractivity contribution in [1.29, 1.82) is 0 Å². The van der Waals surface area contributed by atoms with Gasteiger partial charge in [-0.1, -0.05) is 41.2 Å². The van der Waals surface area contributed by atoms with Gasteiger partial charge < -0.3 is 20.7 Å². The highest BCUT2D eigenvalue weighted by Crippen LogP contribution is 2.30. The van der Waals surface area contributed by atoms with Crippen LogP contribution < -0.4 is 15.8 Å². The number of ketones is 1. The van der Waals surface area contributed by atoms with Gasteiger partial charge in [0.25, 0.3) is 0 Å². The smallest absolute Gasteiger partial charge is 0.206 e. The van der Waals surface area contributed by atoms with Crippen LogP contribution >= 0.6 is 11.3 Å². The number of ether oxygens (including phenoxy) is 1. The van der Waals surface area contributed by atoms with Gasteiger partial charge in [0.15, 0.2) is 5.13 Å². The van der Waals surface area contributed by atoms with Crippen LogP contribution in [0.15, 0.2) is 48.5 Å². The zero-order valence-corrected chi connectivity index (χ0v) is 18.0. The Morgan fingerprint density at radius 3 is 2.63 bits per heavy atom. The SMILES string of the molecule is Cc1ccc(C(=O)c2sc(Nc3ccc(OC[C@@H]4CCCN4C)cc3)nc2N)cc1. The normalized spacial score (nSPS) is 16.5. The van der Waals surface area contributed by atoms with Crippen molar-refractivity contribution in [1.82, 2.24) is 9.88 Å². The van der Waals surface area contributed by atoms with Gasteiger partial charge in [0.05, 0.1) is 0 Å². The van der Waals surface area contributed by atoms with E-state index in [1.165, 1.54) is 24.2 Å². The molecule has 1 aliphatic heterocycles. The first-order valence-electron chi connectivity index (χ1n) is 10.1. The molecule has 3 N–H and O–H groups in total. The summed E-state index contributed by atoms with van der Waals surface area (Å²) in [6, 6.07) is 15.7. The second-order valence-corrected chi connectivity index (χ2v) is 8.66. The Kier molecular flexibility index (Phi) is 6.01. The van der Waals surface area contributed by atoms with Crippen molar-refractivity contribution in [2.75, 3.05) is 31.2 Å². The van der Waals surface area contributed by atoms with E-state index >= 15 is 0 Å². The van der Waals surface area contributed by atoms with Crippen LogP contribution in [0, 0.1) is 6.92 Å². The molecule has 6 nitrogen and oxygen atoms in total. The van der Waals surface area contributed by atoms with Crippen molar-refractivity contribution in [3.8, 4) is 5.75 Å². The molecule has 1 aromatic heterocycles. The van der Waals surface area contributed by atoms with Gasteiger partial charge in [0.1, 0.15) is 23.1 Å². The minimum Gasteiger partial charge on any atom is -0.492 e. The van der Waals surface area contributed by atoms with Crippen molar-refractivity contribution >= 4 is 33.8 Å². The number of anilines is 3. The zero-order valence-electron chi connectivity index (χ0n) is 17.2. The number of nitrogens with zero attached hydrogens (tertiary/aromatic N) is 2. The summed E-state index contributed by atoms with van der Waals surface area (Å²) in [4.78, 5) is 19.8. The fourth-order valence-electron chi connectivity index (χ4n) is 3.52. The Morgan fingerprint density at radius 2 is 1.97 bits per heavy atom. The number of hydrogen-bond donors (Lipinski definition) is 2. The van der Waals surface area contributed by atoms with Gasteiger partial charge in [-0.05, 0) is 57.6 Å². The summed E-state index contributed by atoms with van der Waals surface area (Å²) in [5.41, 5.74) is 8.59. The molecular formula is C23H26N4O2S. The summed E-state index contributed by atoms with van der Waals surface area (Å²) in [7, 11) is 2.14. The van der Waals surface area contributed by atoms with E-state index in [0.717, 1.165) is 23.5 Å². The average Bonchev–Trinajstić information content (AvgIpc) is 3.32. The lowest BCUT2D eigenvalue weighted by atomic mass is 10.1. The molecule has 0 aliphatic carbocycles. The molecule has 0 saturated carbocycles. The minimum absolute atomic E-state index is 0.112. The molecule has 0 spiro atoms. The third kappa shape index (κ3) is 4.63. The number of aryl methyl sites for hydroxylation is 1. The highest BCUT2D eigenvalue weighted by Gasteiger charge is 2.21. The Hall–Kier alpha value is -2.90. The molecular weight excluding hydrogens is 396 g/mol. The molecule has 1 aliphatic rings. The first kappa shape index (κ1) is 20.4. The summed E-state index contributed by atoms with van der Waals surface area (Å²) in [6.07, 6.45) is 2.42. The molecule has 0 radical (unpaired) electrons. The maximum absolute atomic E-state index is 12.7. The van der Waals surface area contributed by atoms with E-state index in [9.17, 15) is 4.79 Å². The topological polar surface area (TPSA) is 80.5 Å². The van der Waals surface area contributed by atoms with Crippen molar-refractivity contribution in [3.63, 3.8) is 0 Å². The van der Waals surface area contributed by atoms with Gasteiger partial charge in [-0.3, -0.25) is 4.79 Å². The fourth-order valence-corrected chi connectivity index (χ4v) is 4.39. The zero-order chi connectivity index (χ0) is 21.1. The molecule has 1 saturated heterocycles. The number of nitrogen functional groups attached to an aromatic ring is 1. The Bertz CT molecular complexity index is 1010. The maximum atomic E-state index is 12.7. The number of thiazole rings is 1. The van der Waals surface area contributed by atoms with Crippen LogP contribution in [0.25, 0.3) is 0 Å². The number of carbonyl (C=O) groups excluding carboxylic acids is 1. The highest BCUT2D eigenvalue weighted by molar-refractivity contribution is 7.18. The quantitative estimate of drug-likeness (QED) is 0.547. The van der Waals surface area contributed by atoms with Gasteiger partial charge in [0, 0.05) is 17.3 Å². The van der Waals surface area contributed by atoms with Crippen molar-refractivity contribution in [2.24, 2.45) is 0 Å². The van der Waals surface area contributed by atoms with E-state index in [1.54, 1.807) is 0 Å². The summed E-state index contributed by atoms with van der Waals surface area (Å²) in [5.74, 6) is 0.974. The molecule has 1 atom stereocenters. The summed E-state index contributed by atoms with van der Waals surface area (Å²) in [5, 5.41) is 3.81. The largest absolute Gasteiger partial charge is 0.492 e. The van der Waals surface area contributed by atoms with Gasteiger partial charge >= 0.3 is 0 Å². The molecule has 2 aromatic carbocycles. The number of nitrogens with one attached hydrogen (secondary N) is 1. The number of rotatable bonds is 7. The van der Waals surface area contributed by atoms with Crippen LogP contribution in [0.1, 0.15) is 33.6 Å². The standard InChI is InChI=1S/C23H26N4O2S/c1-15-5-7-16(8-6-15)20(28)21-22(24)26-23(30-21)25-17-9-11-19(12-10-17)29-14-18-4-3-13-27(18)2/h5-12,18H,3-4,13-14,24H2,1-2H3,(H,25,26)/t18-/m0/s1. The number of carbonyl (C=O) groups is 1. The van der Waals surface area contributed by atoms with E-state index < -0.39 is 0 Å². The summed E-state index contributed by atoms with van der Waals surface area (Å²) in [6.45, 7) is 3.83. The number of aromatic nitrogens is 1. The second kappa shape index (κ2) is 8.85.